The van der Waals surface area contributed by atoms with Crippen LogP contribution in [0, 0.1) is 27.7 Å². The molecule has 0 aliphatic heterocycles. The second kappa shape index (κ2) is 8.51. The zero-order chi connectivity index (χ0) is 22.1. The summed E-state index contributed by atoms with van der Waals surface area (Å²) in [6, 6.07) is 11.9. The number of urea groups is 1. The Kier molecular flexibility index (Phi) is 5.78. The number of amides is 3. The molecule has 7 heteroatoms. The van der Waals surface area contributed by atoms with Gasteiger partial charge < -0.3 is 10.6 Å². The number of thiazole rings is 1. The molecule has 1 aliphatic rings. The second-order valence-electron chi connectivity index (χ2n) is 8.05. The number of aryl methyl sites for hydroxylation is 5. The van der Waals surface area contributed by atoms with Gasteiger partial charge in [-0.3, -0.25) is 10.1 Å². The van der Waals surface area contributed by atoms with Crippen LogP contribution in [-0.2, 0) is 6.42 Å². The first-order chi connectivity index (χ1) is 14.8. The number of nitrogens with zero attached hydrogens (tertiary/aromatic N) is 1. The number of nitrogens with one attached hydrogen (secondary N) is 3. The number of fused-ring (bicyclic) bond motifs is 1. The third-order valence-electron chi connectivity index (χ3n) is 5.58. The number of aromatic nitrogens is 1. The first-order valence-electron chi connectivity index (χ1n) is 10.3. The molecular formula is C24H26N4O2S. The van der Waals surface area contributed by atoms with Crippen LogP contribution < -0.4 is 16.0 Å². The lowest BCUT2D eigenvalue weighted by molar-refractivity contribution is 0.102. The molecule has 160 valence electrons. The Morgan fingerprint density at radius 1 is 1.03 bits per heavy atom. The lowest BCUT2D eigenvalue weighted by atomic mass is 10.1. The minimum absolute atomic E-state index is 0.00693. The van der Waals surface area contributed by atoms with Gasteiger partial charge in [-0.2, -0.15) is 0 Å². The van der Waals surface area contributed by atoms with Crippen molar-refractivity contribution in [2.75, 3.05) is 10.6 Å². The maximum Gasteiger partial charge on any atom is 0.321 e. The standard InChI is InChI=1S/C24H26N4O2S/c1-13-11-14(2)20(15(3)12-13)27-22(29)21-16(4)25-24(31-21)28-23(30)26-19-10-9-17-7-5-6-8-18(17)19/h5-8,11-12,19H,9-10H2,1-4H3,(H,27,29)(H2,25,26,28,30). The van der Waals surface area contributed by atoms with Gasteiger partial charge >= 0.3 is 6.03 Å². The summed E-state index contributed by atoms with van der Waals surface area (Å²) >= 11 is 1.18. The fourth-order valence-corrected chi connectivity index (χ4v) is 5.06. The highest BCUT2D eigenvalue weighted by Crippen LogP contribution is 2.31. The van der Waals surface area contributed by atoms with Crippen LogP contribution in [0.2, 0.25) is 0 Å². The molecule has 3 aromatic rings. The molecule has 0 bridgehead atoms. The summed E-state index contributed by atoms with van der Waals surface area (Å²) < 4.78 is 0. The summed E-state index contributed by atoms with van der Waals surface area (Å²) in [7, 11) is 0. The molecule has 3 amide bonds. The van der Waals surface area contributed by atoms with Crippen LogP contribution >= 0.6 is 11.3 Å². The van der Waals surface area contributed by atoms with Crippen LogP contribution in [0.3, 0.4) is 0 Å². The van der Waals surface area contributed by atoms with Crippen LogP contribution in [0.4, 0.5) is 15.6 Å². The molecule has 31 heavy (non-hydrogen) atoms. The van der Waals surface area contributed by atoms with Crippen molar-refractivity contribution in [3.8, 4) is 0 Å². The average Bonchev–Trinajstić information content (AvgIpc) is 3.28. The van der Waals surface area contributed by atoms with E-state index in [0.717, 1.165) is 40.8 Å². The number of hydrogen-bond donors (Lipinski definition) is 3. The van der Waals surface area contributed by atoms with Crippen molar-refractivity contribution in [1.82, 2.24) is 10.3 Å². The zero-order valence-electron chi connectivity index (χ0n) is 18.1. The van der Waals surface area contributed by atoms with Gasteiger partial charge in [0.25, 0.3) is 5.91 Å². The molecule has 1 heterocycles. The van der Waals surface area contributed by atoms with Crippen molar-refractivity contribution in [2.24, 2.45) is 0 Å². The lowest BCUT2D eigenvalue weighted by Crippen LogP contribution is -2.31. The lowest BCUT2D eigenvalue weighted by Gasteiger charge is -2.14. The van der Waals surface area contributed by atoms with E-state index < -0.39 is 0 Å². The van der Waals surface area contributed by atoms with E-state index in [4.69, 9.17) is 0 Å². The van der Waals surface area contributed by atoms with Gasteiger partial charge in [-0.05, 0) is 62.8 Å². The third-order valence-corrected chi connectivity index (χ3v) is 6.65. The Labute approximate surface area is 186 Å². The number of carbonyl (C=O) groups is 2. The summed E-state index contributed by atoms with van der Waals surface area (Å²) in [5, 5.41) is 9.21. The predicted octanol–water partition coefficient (Wildman–Crippen LogP) is 5.44. The van der Waals surface area contributed by atoms with E-state index in [1.54, 1.807) is 6.92 Å². The minimum atomic E-state index is -0.312. The van der Waals surface area contributed by atoms with Crippen molar-refractivity contribution in [3.05, 3.63) is 74.8 Å². The average molecular weight is 435 g/mol. The third kappa shape index (κ3) is 4.46. The molecule has 4 rings (SSSR count). The highest BCUT2D eigenvalue weighted by atomic mass is 32.1. The fourth-order valence-electron chi connectivity index (χ4n) is 4.21. The number of hydrogen-bond acceptors (Lipinski definition) is 4. The van der Waals surface area contributed by atoms with E-state index in [1.165, 1.54) is 16.9 Å². The maximum absolute atomic E-state index is 12.9. The van der Waals surface area contributed by atoms with Gasteiger partial charge in [0.1, 0.15) is 4.88 Å². The van der Waals surface area contributed by atoms with Crippen molar-refractivity contribution < 1.29 is 9.59 Å². The molecule has 0 spiro atoms. The van der Waals surface area contributed by atoms with Crippen molar-refractivity contribution in [2.45, 2.75) is 46.6 Å². The highest BCUT2D eigenvalue weighted by Gasteiger charge is 2.24. The predicted molar refractivity (Wildman–Crippen MR) is 125 cm³/mol. The molecule has 0 saturated carbocycles. The fraction of sp³-hybridized carbons (Fsp3) is 0.292. The second-order valence-corrected chi connectivity index (χ2v) is 9.05. The van der Waals surface area contributed by atoms with E-state index in [9.17, 15) is 9.59 Å². The normalized spacial score (nSPS) is 14.8. The van der Waals surface area contributed by atoms with Crippen molar-refractivity contribution in [1.29, 1.82) is 0 Å². The molecule has 6 nitrogen and oxygen atoms in total. The quantitative estimate of drug-likeness (QED) is 0.511. The summed E-state index contributed by atoms with van der Waals surface area (Å²) in [6.45, 7) is 7.77. The summed E-state index contributed by atoms with van der Waals surface area (Å²) in [5.41, 5.74) is 7.03. The molecule has 1 unspecified atom stereocenters. The number of carbonyl (C=O) groups excluding carboxylic acids is 2. The molecule has 0 saturated heterocycles. The van der Waals surface area contributed by atoms with E-state index in [-0.39, 0.29) is 18.0 Å². The maximum atomic E-state index is 12.9. The molecule has 1 atom stereocenters. The number of anilines is 2. The molecular weight excluding hydrogens is 408 g/mol. The monoisotopic (exact) mass is 434 g/mol. The molecule has 0 fully saturated rings. The van der Waals surface area contributed by atoms with Gasteiger partial charge in [-0.25, -0.2) is 9.78 Å². The van der Waals surface area contributed by atoms with Crippen LogP contribution in [0.5, 0.6) is 0 Å². The summed E-state index contributed by atoms with van der Waals surface area (Å²) in [4.78, 5) is 30.3. The first kappa shape index (κ1) is 21.1. The zero-order valence-corrected chi connectivity index (χ0v) is 18.9. The Morgan fingerprint density at radius 2 is 1.74 bits per heavy atom. The van der Waals surface area contributed by atoms with Gasteiger partial charge in [0.05, 0.1) is 11.7 Å². The van der Waals surface area contributed by atoms with E-state index >= 15 is 0 Å². The molecule has 3 N–H and O–H groups in total. The topological polar surface area (TPSA) is 83.1 Å². The van der Waals surface area contributed by atoms with E-state index in [1.807, 2.05) is 45.0 Å². The Bertz CT molecular complexity index is 1150. The first-order valence-corrected chi connectivity index (χ1v) is 11.2. The molecule has 2 aromatic carbocycles. The molecule has 1 aliphatic carbocycles. The molecule has 0 radical (unpaired) electrons. The minimum Gasteiger partial charge on any atom is -0.331 e. The van der Waals surface area contributed by atoms with Gasteiger partial charge in [0.2, 0.25) is 0 Å². The molecule has 1 aromatic heterocycles. The van der Waals surface area contributed by atoms with Gasteiger partial charge in [0.15, 0.2) is 5.13 Å². The van der Waals surface area contributed by atoms with Gasteiger partial charge in [0, 0.05) is 5.69 Å². The van der Waals surface area contributed by atoms with Crippen molar-refractivity contribution in [3.63, 3.8) is 0 Å². The summed E-state index contributed by atoms with van der Waals surface area (Å²) in [6.07, 6.45) is 1.84. The Balaban J connectivity index is 1.43. The SMILES string of the molecule is Cc1cc(C)c(NC(=O)c2sc(NC(=O)NC3CCc4ccccc43)nc2C)c(C)c1. The highest BCUT2D eigenvalue weighted by molar-refractivity contribution is 7.17. The van der Waals surface area contributed by atoms with E-state index in [0.29, 0.717) is 15.7 Å². The van der Waals surface area contributed by atoms with Crippen LogP contribution in [0.1, 0.15) is 55.6 Å². The number of benzene rings is 2. The van der Waals surface area contributed by atoms with Gasteiger partial charge in [-0.1, -0.05) is 53.3 Å². The van der Waals surface area contributed by atoms with Crippen LogP contribution in [0.25, 0.3) is 0 Å². The van der Waals surface area contributed by atoms with Crippen molar-refractivity contribution >= 4 is 34.1 Å². The van der Waals surface area contributed by atoms with E-state index in [2.05, 4.69) is 33.1 Å². The van der Waals surface area contributed by atoms with Crippen LogP contribution in [-0.4, -0.2) is 16.9 Å². The Morgan fingerprint density at radius 3 is 2.48 bits per heavy atom. The largest absolute Gasteiger partial charge is 0.331 e. The number of rotatable bonds is 4. The van der Waals surface area contributed by atoms with Crippen LogP contribution in [0.15, 0.2) is 36.4 Å². The summed E-state index contributed by atoms with van der Waals surface area (Å²) in [5.74, 6) is -0.219. The Hall–Kier alpha value is -3.19. The van der Waals surface area contributed by atoms with Gasteiger partial charge in [-0.15, -0.1) is 0 Å². The smallest absolute Gasteiger partial charge is 0.321 e.